The Morgan fingerprint density at radius 1 is 1.36 bits per heavy atom. The lowest BCUT2D eigenvalue weighted by atomic mass is 9.85. The summed E-state index contributed by atoms with van der Waals surface area (Å²) < 4.78 is 0. The zero-order chi connectivity index (χ0) is 14.7. The standard InChI is InChI=1S/C17H25N3O.ClH/c1-20(11-9-14-7-4-5-10-18-14)17(21)16-12-13-6-2-3-8-15(13)19-16;/h4-5,7,10,13,15-16,19H,2-3,6,8-9,11-12H2,1H3;1H. The molecular formula is C17H26ClN3O. The lowest BCUT2D eigenvalue weighted by molar-refractivity contribution is -0.131. The molecule has 22 heavy (non-hydrogen) atoms. The predicted octanol–water partition coefficient (Wildman–Crippen LogP) is 2.43. The highest BCUT2D eigenvalue weighted by atomic mass is 35.5. The Morgan fingerprint density at radius 2 is 2.18 bits per heavy atom. The van der Waals surface area contributed by atoms with Crippen molar-refractivity contribution in [1.29, 1.82) is 0 Å². The number of rotatable bonds is 4. The highest BCUT2D eigenvalue weighted by molar-refractivity contribution is 5.85. The van der Waals surface area contributed by atoms with E-state index in [9.17, 15) is 4.79 Å². The number of hydrogen-bond donors (Lipinski definition) is 1. The van der Waals surface area contributed by atoms with E-state index >= 15 is 0 Å². The lowest BCUT2D eigenvalue weighted by Gasteiger charge is -2.24. The van der Waals surface area contributed by atoms with Gasteiger partial charge in [0, 0.05) is 37.9 Å². The molecule has 1 aromatic rings. The SMILES string of the molecule is CN(CCc1ccccn1)C(=O)C1CC2CCCCC2N1.Cl. The van der Waals surface area contributed by atoms with Gasteiger partial charge in [0.2, 0.25) is 5.91 Å². The molecule has 2 heterocycles. The van der Waals surface area contributed by atoms with Gasteiger partial charge in [-0.3, -0.25) is 9.78 Å². The summed E-state index contributed by atoms with van der Waals surface area (Å²) in [5.74, 6) is 0.970. The quantitative estimate of drug-likeness (QED) is 0.925. The normalized spacial score (nSPS) is 26.9. The number of amides is 1. The number of carbonyl (C=O) groups is 1. The first-order valence-corrected chi connectivity index (χ1v) is 8.15. The molecule has 0 radical (unpaired) electrons. The molecule has 1 saturated carbocycles. The van der Waals surface area contributed by atoms with E-state index < -0.39 is 0 Å². The van der Waals surface area contributed by atoms with Crippen LogP contribution in [0.5, 0.6) is 0 Å². The van der Waals surface area contributed by atoms with Crippen LogP contribution in [-0.2, 0) is 11.2 Å². The van der Waals surface area contributed by atoms with E-state index in [0.29, 0.717) is 6.04 Å². The summed E-state index contributed by atoms with van der Waals surface area (Å²) in [6.07, 6.45) is 8.83. The fourth-order valence-corrected chi connectivity index (χ4v) is 3.71. The smallest absolute Gasteiger partial charge is 0.239 e. The second kappa shape index (κ2) is 7.93. The number of aromatic nitrogens is 1. The molecule has 1 aliphatic heterocycles. The van der Waals surface area contributed by atoms with Crippen molar-refractivity contribution in [3.8, 4) is 0 Å². The molecule has 0 spiro atoms. The second-order valence-corrected chi connectivity index (χ2v) is 6.44. The van der Waals surface area contributed by atoms with Gasteiger partial charge in [0.05, 0.1) is 6.04 Å². The molecule has 1 N–H and O–H groups in total. The van der Waals surface area contributed by atoms with Gasteiger partial charge in [-0.05, 0) is 37.3 Å². The van der Waals surface area contributed by atoms with Crippen LogP contribution in [0.4, 0.5) is 0 Å². The maximum atomic E-state index is 12.6. The lowest BCUT2D eigenvalue weighted by Crippen LogP contribution is -2.44. The molecule has 3 rings (SSSR count). The van der Waals surface area contributed by atoms with Gasteiger partial charge in [0.25, 0.3) is 0 Å². The number of hydrogen-bond acceptors (Lipinski definition) is 3. The van der Waals surface area contributed by atoms with Gasteiger partial charge in [-0.2, -0.15) is 0 Å². The Hall–Kier alpha value is -1.13. The average Bonchev–Trinajstić information content (AvgIpc) is 2.97. The van der Waals surface area contributed by atoms with E-state index in [4.69, 9.17) is 0 Å². The zero-order valence-electron chi connectivity index (χ0n) is 13.2. The van der Waals surface area contributed by atoms with Crippen LogP contribution in [0.2, 0.25) is 0 Å². The van der Waals surface area contributed by atoms with Crippen LogP contribution in [0.3, 0.4) is 0 Å². The second-order valence-electron chi connectivity index (χ2n) is 6.44. The molecule has 1 amide bonds. The minimum absolute atomic E-state index is 0. The van der Waals surface area contributed by atoms with Crippen molar-refractivity contribution in [2.75, 3.05) is 13.6 Å². The number of halogens is 1. The Kier molecular flexibility index (Phi) is 6.21. The molecule has 2 aliphatic rings. The van der Waals surface area contributed by atoms with Crippen molar-refractivity contribution in [2.45, 2.75) is 50.6 Å². The molecular weight excluding hydrogens is 298 g/mol. The maximum Gasteiger partial charge on any atom is 0.239 e. The first kappa shape index (κ1) is 17.2. The van der Waals surface area contributed by atoms with Crippen LogP contribution < -0.4 is 5.32 Å². The van der Waals surface area contributed by atoms with Crippen molar-refractivity contribution < 1.29 is 4.79 Å². The third-order valence-corrected chi connectivity index (χ3v) is 4.97. The summed E-state index contributed by atoms with van der Waals surface area (Å²) >= 11 is 0. The fraction of sp³-hybridized carbons (Fsp3) is 0.647. The first-order chi connectivity index (χ1) is 10.2. The highest BCUT2D eigenvalue weighted by Crippen LogP contribution is 2.33. The van der Waals surface area contributed by atoms with Gasteiger partial charge in [-0.25, -0.2) is 0 Å². The van der Waals surface area contributed by atoms with Crippen LogP contribution in [0.15, 0.2) is 24.4 Å². The Bertz CT molecular complexity index is 468. The van der Waals surface area contributed by atoms with Gasteiger partial charge in [-0.1, -0.05) is 18.9 Å². The Labute approximate surface area is 139 Å². The molecule has 3 unspecified atom stereocenters. The minimum atomic E-state index is 0. The van der Waals surface area contributed by atoms with Crippen molar-refractivity contribution >= 4 is 18.3 Å². The van der Waals surface area contributed by atoms with Crippen molar-refractivity contribution in [2.24, 2.45) is 5.92 Å². The largest absolute Gasteiger partial charge is 0.344 e. The third-order valence-electron chi connectivity index (χ3n) is 4.97. The summed E-state index contributed by atoms with van der Waals surface area (Å²) in [6.45, 7) is 0.739. The van der Waals surface area contributed by atoms with E-state index in [1.165, 1.54) is 25.7 Å². The van der Waals surface area contributed by atoms with Crippen molar-refractivity contribution in [3.05, 3.63) is 30.1 Å². The average molecular weight is 324 g/mol. The summed E-state index contributed by atoms with van der Waals surface area (Å²) in [6, 6.07) is 6.54. The number of carbonyl (C=O) groups excluding carboxylic acids is 1. The number of nitrogens with zero attached hydrogens (tertiary/aromatic N) is 2. The van der Waals surface area contributed by atoms with Gasteiger partial charge in [-0.15, -0.1) is 12.4 Å². The van der Waals surface area contributed by atoms with Crippen LogP contribution >= 0.6 is 12.4 Å². The number of nitrogens with one attached hydrogen (secondary N) is 1. The number of fused-ring (bicyclic) bond motifs is 1. The van der Waals surface area contributed by atoms with Crippen LogP contribution in [-0.4, -0.2) is 41.5 Å². The third kappa shape index (κ3) is 3.99. The van der Waals surface area contributed by atoms with E-state index in [2.05, 4.69) is 10.3 Å². The minimum Gasteiger partial charge on any atom is -0.344 e. The first-order valence-electron chi connectivity index (χ1n) is 8.15. The Morgan fingerprint density at radius 3 is 2.91 bits per heavy atom. The predicted molar refractivity (Wildman–Crippen MR) is 90.1 cm³/mol. The topological polar surface area (TPSA) is 45.2 Å². The van der Waals surface area contributed by atoms with E-state index in [1.807, 2.05) is 30.1 Å². The number of likely N-dealkylation sites (N-methyl/N-ethyl adjacent to an activating group) is 1. The molecule has 1 aromatic heterocycles. The Balaban J connectivity index is 0.00000176. The van der Waals surface area contributed by atoms with Crippen LogP contribution in [0.25, 0.3) is 0 Å². The highest BCUT2D eigenvalue weighted by Gasteiger charge is 2.38. The molecule has 1 aliphatic carbocycles. The molecule has 1 saturated heterocycles. The van der Waals surface area contributed by atoms with Crippen LogP contribution in [0, 0.1) is 5.92 Å². The van der Waals surface area contributed by atoms with E-state index in [-0.39, 0.29) is 24.4 Å². The van der Waals surface area contributed by atoms with Gasteiger partial charge >= 0.3 is 0 Å². The molecule has 122 valence electrons. The van der Waals surface area contributed by atoms with Crippen molar-refractivity contribution in [3.63, 3.8) is 0 Å². The number of pyridine rings is 1. The summed E-state index contributed by atoms with van der Waals surface area (Å²) in [7, 11) is 1.91. The summed E-state index contributed by atoms with van der Waals surface area (Å²) in [5, 5.41) is 3.56. The van der Waals surface area contributed by atoms with Crippen LogP contribution in [0.1, 0.15) is 37.8 Å². The summed E-state index contributed by atoms with van der Waals surface area (Å²) in [4.78, 5) is 18.7. The maximum absolute atomic E-state index is 12.6. The van der Waals surface area contributed by atoms with Gasteiger partial charge < -0.3 is 10.2 Å². The van der Waals surface area contributed by atoms with Gasteiger partial charge in [0.15, 0.2) is 0 Å². The monoisotopic (exact) mass is 323 g/mol. The molecule has 2 fully saturated rings. The molecule has 0 bridgehead atoms. The van der Waals surface area contributed by atoms with Crippen molar-refractivity contribution in [1.82, 2.24) is 15.2 Å². The summed E-state index contributed by atoms with van der Waals surface area (Å²) in [5.41, 5.74) is 1.05. The molecule has 0 aromatic carbocycles. The van der Waals surface area contributed by atoms with Gasteiger partial charge in [0.1, 0.15) is 0 Å². The van der Waals surface area contributed by atoms with E-state index in [1.54, 1.807) is 6.20 Å². The zero-order valence-corrected chi connectivity index (χ0v) is 14.0. The van der Waals surface area contributed by atoms with E-state index in [0.717, 1.165) is 31.0 Å². The molecule has 4 nitrogen and oxygen atoms in total. The molecule has 3 atom stereocenters. The molecule has 5 heteroatoms. The fourth-order valence-electron chi connectivity index (χ4n) is 3.71.